The molecule has 0 spiro atoms. The minimum Gasteiger partial charge on any atom is -0.384 e. The van der Waals surface area contributed by atoms with Crippen LogP contribution in [0.1, 0.15) is 13.3 Å². The van der Waals surface area contributed by atoms with Crippen LogP contribution in [0.2, 0.25) is 5.02 Å². The van der Waals surface area contributed by atoms with Gasteiger partial charge in [-0.15, -0.1) is 0 Å². The minimum atomic E-state index is 0.348. The second-order valence-corrected chi connectivity index (χ2v) is 5.29. The van der Waals surface area contributed by atoms with Gasteiger partial charge in [0.1, 0.15) is 0 Å². The highest BCUT2D eigenvalue weighted by molar-refractivity contribution is 6.30. The molecule has 1 fully saturated rings. The molecule has 1 heterocycles. The van der Waals surface area contributed by atoms with Gasteiger partial charge in [-0.3, -0.25) is 4.90 Å². The molecule has 0 radical (unpaired) electrons. The summed E-state index contributed by atoms with van der Waals surface area (Å²) >= 11 is 5.94. The lowest BCUT2D eigenvalue weighted by Crippen LogP contribution is -2.39. The van der Waals surface area contributed by atoms with E-state index in [2.05, 4.69) is 24.2 Å². The lowest BCUT2D eigenvalue weighted by molar-refractivity contribution is 0.0850. The molecule has 1 aromatic carbocycles. The summed E-state index contributed by atoms with van der Waals surface area (Å²) in [4.78, 5) is 2.37. The van der Waals surface area contributed by atoms with E-state index in [1.54, 1.807) is 0 Å². The van der Waals surface area contributed by atoms with Crippen molar-refractivity contribution in [3.63, 3.8) is 0 Å². The van der Waals surface area contributed by atoms with Crippen molar-refractivity contribution in [2.24, 2.45) is 0 Å². The number of rotatable bonds is 5. The van der Waals surface area contributed by atoms with Crippen molar-refractivity contribution in [2.45, 2.75) is 25.5 Å². The fourth-order valence-corrected chi connectivity index (χ4v) is 2.63. The monoisotopic (exact) mass is 268 g/mol. The number of nitrogens with zero attached hydrogens (tertiary/aromatic N) is 1. The summed E-state index contributed by atoms with van der Waals surface area (Å²) < 4.78 is 5.59. The van der Waals surface area contributed by atoms with E-state index in [0.29, 0.717) is 12.1 Å². The largest absolute Gasteiger partial charge is 0.384 e. The van der Waals surface area contributed by atoms with Gasteiger partial charge in [-0.25, -0.2) is 0 Å². The Labute approximate surface area is 114 Å². The molecule has 1 aliphatic heterocycles. The third-order valence-electron chi connectivity index (χ3n) is 3.52. The van der Waals surface area contributed by atoms with E-state index in [0.717, 1.165) is 36.8 Å². The van der Waals surface area contributed by atoms with Crippen LogP contribution in [0.5, 0.6) is 0 Å². The zero-order valence-corrected chi connectivity index (χ0v) is 11.8. The summed E-state index contributed by atoms with van der Waals surface area (Å²) in [6, 6.07) is 8.37. The third kappa shape index (κ3) is 3.61. The highest BCUT2D eigenvalue weighted by Crippen LogP contribution is 2.18. The van der Waals surface area contributed by atoms with E-state index in [1.807, 2.05) is 24.3 Å². The maximum Gasteiger partial charge on any atom is 0.0702 e. The molecular formula is C14H21ClN2O. The maximum absolute atomic E-state index is 5.94. The number of halogens is 1. The SMILES string of the molecule is CC1OCCC1N(C)CCNc1cccc(Cl)c1. The Bertz CT molecular complexity index is 386. The molecule has 1 aliphatic rings. The molecule has 0 amide bonds. The summed E-state index contributed by atoms with van der Waals surface area (Å²) in [5.74, 6) is 0. The van der Waals surface area contributed by atoms with E-state index in [9.17, 15) is 0 Å². The van der Waals surface area contributed by atoms with Crippen LogP contribution in [-0.4, -0.2) is 43.8 Å². The molecule has 2 unspecified atom stereocenters. The normalized spacial score (nSPS) is 23.6. The van der Waals surface area contributed by atoms with E-state index in [-0.39, 0.29) is 0 Å². The van der Waals surface area contributed by atoms with Gasteiger partial charge in [0.15, 0.2) is 0 Å². The Kier molecular flexibility index (Phi) is 4.87. The fourth-order valence-electron chi connectivity index (χ4n) is 2.44. The van der Waals surface area contributed by atoms with Gasteiger partial charge in [-0.05, 0) is 38.6 Å². The maximum atomic E-state index is 5.94. The highest BCUT2D eigenvalue weighted by atomic mass is 35.5. The highest BCUT2D eigenvalue weighted by Gasteiger charge is 2.27. The van der Waals surface area contributed by atoms with Crippen molar-refractivity contribution >= 4 is 17.3 Å². The Balaban J connectivity index is 1.75. The Morgan fingerprint density at radius 3 is 3.00 bits per heavy atom. The van der Waals surface area contributed by atoms with Gasteiger partial charge >= 0.3 is 0 Å². The van der Waals surface area contributed by atoms with Gasteiger partial charge in [0.25, 0.3) is 0 Å². The van der Waals surface area contributed by atoms with E-state index in [1.165, 1.54) is 0 Å². The van der Waals surface area contributed by atoms with Crippen LogP contribution < -0.4 is 5.32 Å². The molecule has 0 saturated carbocycles. The molecule has 18 heavy (non-hydrogen) atoms. The van der Waals surface area contributed by atoms with E-state index < -0.39 is 0 Å². The molecule has 2 atom stereocenters. The van der Waals surface area contributed by atoms with Crippen LogP contribution in [0.15, 0.2) is 24.3 Å². The lowest BCUT2D eigenvalue weighted by atomic mass is 10.1. The fraction of sp³-hybridized carbons (Fsp3) is 0.571. The topological polar surface area (TPSA) is 24.5 Å². The first-order chi connectivity index (χ1) is 8.66. The molecule has 4 heteroatoms. The molecular weight excluding hydrogens is 248 g/mol. The van der Waals surface area contributed by atoms with E-state index >= 15 is 0 Å². The average molecular weight is 269 g/mol. The minimum absolute atomic E-state index is 0.348. The Morgan fingerprint density at radius 2 is 2.33 bits per heavy atom. The number of nitrogens with one attached hydrogen (secondary N) is 1. The molecule has 100 valence electrons. The molecule has 1 saturated heterocycles. The third-order valence-corrected chi connectivity index (χ3v) is 3.76. The van der Waals surface area contributed by atoms with Gasteiger partial charge in [0, 0.05) is 36.4 Å². The first kappa shape index (κ1) is 13.7. The second kappa shape index (κ2) is 6.41. The van der Waals surface area contributed by atoms with Gasteiger partial charge in [-0.2, -0.15) is 0 Å². The summed E-state index contributed by atoms with van der Waals surface area (Å²) in [5, 5.41) is 4.16. The number of anilines is 1. The zero-order valence-electron chi connectivity index (χ0n) is 11.0. The molecule has 1 aromatic rings. The van der Waals surface area contributed by atoms with Gasteiger partial charge in [0.2, 0.25) is 0 Å². The first-order valence-electron chi connectivity index (χ1n) is 6.48. The number of hydrogen-bond acceptors (Lipinski definition) is 3. The number of hydrogen-bond donors (Lipinski definition) is 1. The molecule has 0 aromatic heterocycles. The van der Waals surface area contributed by atoms with Crippen molar-refractivity contribution in [2.75, 3.05) is 32.1 Å². The Morgan fingerprint density at radius 1 is 1.50 bits per heavy atom. The van der Waals surface area contributed by atoms with Gasteiger partial charge < -0.3 is 10.1 Å². The predicted octanol–water partition coefficient (Wildman–Crippen LogP) is 2.86. The van der Waals surface area contributed by atoms with E-state index in [4.69, 9.17) is 16.3 Å². The quantitative estimate of drug-likeness (QED) is 0.889. The van der Waals surface area contributed by atoms with Crippen molar-refractivity contribution in [3.05, 3.63) is 29.3 Å². The standard InChI is InChI=1S/C14H21ClN2O/c1-11-14(6-9-18-11)17(2)8-7-16-13-5-3-4-12(15)10-13/h3-5,10-11,14,16H,6-9H2,1-2H3. The molecule has 2 rings (SSSR count). The lowest BCUT2D eigenvalue weighted by Gasteiger charge is -2.26. The molecule has 0 bridgehead atoms. The number of likely N-dealkylation sites (N-methyl/N-ethyl adjacent to an activating group) is 1. The van der Waals surface area contributed by atoms with Crippen LogP contribution in [-0.2, 0) is 4.74 Å². The summed E-state index contributed by atoms with van der Waals surface area (Å²) in [5.41, 5.74) is 1.08. The van der Waals surface area contributed by atoms with Crippen LogP contribution >= 0.6 is 11.6 Å². The molecule has 0 aliphatic carbocycles. The zero-order chi connectivity index (χ0) is 13.0. The van der Waals surface area contributed by atoms with Crippen LogP contribution in [0, 0.1) is 0 Å². The van der Waals surface area contributed by atoms with Crippen LogP contribution in [0.4, 0.5) is 5.69 Å². The average Bonchev–Trinajstić information content (AvgIpc) is 2.75. The van der Waals surface area contributed by atoms with Gasteiger partial charge in [0.05, 0.1) is 6.10 Å². The molecule has 3 nitrogen and oxygen atoms in total. The molecule has 1 N–H and O–H groups in total. The second-order valence-electron chi connectivity index (χ2n) is 4.85. The summed E-state index contributed by atoms with van der Waals surface area (Å²) in [6.07, 6.45) is 1.48. The van der Waals surface area contributed by atoms with Crippen molar-refractivity contribution < 1.29 is 4.74 Å². The summed E-state index contributed by atoms with van der Waals surface area (Å²) in [7, 11) is 2.16. The van der Waals surface area contributed by atoms with Crippen LogP contribution in [0.3, 0.4) is 0 Å². The summed E-state index contributed by atoms with van der Waals surface area (Å²) in [6.45, 7) is 4.96. The smallest absolute Gasteiger partial charge is 0.0702 e. The number of benzene rings is 1. The predicted molar refractivity (Wildman–Crippen MR) is 76.4 cm³/mol. The van der Waals surface area contributed by atoms with Crippen molar-refractivity contribution in [1.82, 2.24) is 4.90 Å². The van der Waals surface area contributed by atoms with Crippen molar-refractivity contribution in [3.8, 4) is 0 Å². The first-order valence-corrected chi connectivity index (χ1v) is 6.86. The Hall–Kier alpha value is -0.770. The van der Waals surface area contributed by atoms with Crippen molar-refractivity contribution in [1.29, 1.82) is 0 Å². The van der Waals surface area contributed by atoms with Gasteiger partial charge in [-0.1, -0.05) is 17.7 Å². The van der Waals surface area contributed by atoms with Crippen LogP contribution in [0.25, 0.3) is 0 Å². The number of ether oxygens (including phenoxy) is 1.